The van der Waals surface area contributed by atoms with E-state index < -0.39 is 10.0 Å². The van der Waals surface area contributed by atoms with E-state index in [2.05, 4.69) is 42.8 Å². The molecule has 114 valence electrons. The molecule has 0 aliphatic rings. The molecular weight excluding hydrogens is 428 g/mol. The number of hydrogen-bond acceptors (Lipinski definition) is 4. The minimum Gasteiger partial charge on any atom is -0.398 e. The highest BCUT2D eigenvalue weighted by atomic mass is 79.9. The fraction of sp³-hybridized carbons (Fsp3) is 0.500. The number of benzene rings is 1. The van der Waals surface area contributed by atoms with Gasteiger partial charge in [0.25, 0.3) is 0 Å². The van der Waals surface area contributed by atoms with Crippen molar-refractivity contribution in [2.24, 2.45) is 0 Å². The topological polar surface area (TPSA) is 72.2 Å². The number of rotatable bonds is 8. The molecule has 3 N–H and O–H groups in total. The summed E-state index contributed by atoms with van der Waals surface area (Å²) in [5, 5.41) is 0. The third-order valence-corrected chi connectivity index (χ3v) is 6.24. The smallest absolute Gasteiger partial charge is 0.243 e. The van der Waals surface area contributed by atoms with Crippen LogP contribution in [-0.4, -0.2) is 27.0 Å². The first-order valence-electron chi connectivity index (χ1n) is 6.11. The molecule has 20 heavy (non-hydrogen) atoms. The summed E-state index contributed by atoms with van der Waals surface area (Å²) in [7, 11) is -3.58. The maximum absolute atomic E-state index is 12.2. The molecule has 0 bridgehead atoms. The van der Waals surface area contributed by atoms with Gasteiger partial charge in [0.2, 0.25) is 10.0 Å². The van der Waals surface area contributed by atoms with Gasteiger partial charge >= 0.3 is 0 Å². The van der Waals surface area contributed by atoms with E-state index in [9.17, 15) is 8.42 Å². The Bertz CT molecular complexity index is 527. The lowest BCUT2D eigenvalue weighted by atomic mass is 10.2. The number of unbranched alkanes of at least 4 members (excludes halogenated alkanes) is 2. The lowest BCUT2D eigenvalue weighted by Gasteiger charge is -2.11. The largest absolute Gasteiger partial charge is 0.398 e. The maximum atomic E-state index is 12.2. The van der Waals surface area contributed by atoms with Crippen molar-refractivity contribution in [1.29, 1.82) is 0 Å². The van der Waals surface area contributed by atoms with Crippen molar-refractivity contribution in [2.45, 2.75) is 24.2 Å². The zero-order valence-electron chi connectivity index (χ0n) is 11.2. The molecule has 0 amide bonds. The maximum Gasteiger partial charge on any atom is 0.243 e. The molecule has 0 fully saturated rings. The fourth-order valence-electron chi connectivity index (χ4n) is 1.69. The number of halogens is 2. The average molecular weight is 446 g/mol. The van der Waals surface area contributed by atoms with Gasteiger partial charge in [-0.15, -0.1) is 0 Å². The Kier molecular flexibility index (Phi) is 7.89. The highest BCUT2D eigenvalue weighted by molar-refractivity contribution is 9.11. The van der Waals surface area contributed by atoms with Crippen molar-refractivity contribution in [3.05, 3.63) is 21.1 Å². The molecule has 1 aromatic rings. The Morgan fingerprint density at radius 2 is 1.95 bits per heavy atom. The minimum atomic E-state index is -3.58. The number of nitrogens with one attached hydrogen (secondary N) is 1. The summed E-state index contributed by atoms with van der Waals surface area (Å²) < 4.78 is 28.3. The molecular formula is C12H18Br2N2O2S2. The molecule has 0 spiro atoms. The first-order valence-corrected chi connectivity index (χ1v) is 10.6. The lowest BCUT2D eigenvalue weighted by molar-refractivity contribution is 0.576. The van der Waals surface area contributed by atoms with Crippen LogP contribution in [0, 0.1) is 0 Å². The summed E-state index contributed by atoms with van der Waals surface area (Å²) in [5.74, 6) is 1.11. The average Bonchev–Trinajstić information content (AvgIpc) is 2.31. The summed E-state index contributed by atoms with van der Waals surface area (Å²) in [5.41, 5.74) is 6.02. The molecule has 8 heteroatoms. The highest BCUT2D eigenvalue weighted by Gasteiger charge is 2.20. The predicted octanol–water partition coefficient (Wildman–Crippen LogP) is 3.61. The predicted molar refractivity (Wildman–Crippen MR) is 93.7 cm³/mol. The van der Waals surface area contributed by atoms with Gasteiger partial charge in [-0.2, -0.15) is 11.8 Å². The first-order chi connectivity index (χ1) is 9.38. The van der Waals surface area contributed by atoms with Crippen molar-refractivity contribution in [3.63, 3.8) is 0 Å². The van der Waals surface area contributed by atoms with Gasteiger partial charge in [0, 0.05) is 15.5 Å². The van der Waals surface area contributed by atoms with Crippen LogP contribution >= 0.6 is 43.6 Å². The molecule has 0 saturated carbocycles. The first kappa shape index (κ1) is 18.3. The van der Waals surface area contributed by atoms with E-state index in [0.29, 0.717) is 11.0 Å². The number of thioether (sulfide) groups is 1. The van der Waals surface area contributed by atoms with Gasteiger partial charge < -0.3 is 5.73 Å². The number of anilines is 1. The molecule has 0 saturated heterocycles. The van der Waals surface area contributed by atoms with Gasteiger partial charge in [-0.3, -0.25) is 0 Å². The summed E-state index contributed by atoms with van der Waals surface area (Å²) in [6.07, 6.45) is 5.01. The van der Waals surface area contributed by atoms with E-state index >= 15 is 0 Å². The van der Waals surface area contributed by atoms with Crippen molar-refractivity contribution < 1.29 is 8.42 Å². The highest BCUT2D eigenvalue weighted by Crippen LogP contribution is 2.31. The number of nitrogen functional groups attached to an aromatic ring is 1. The van der Waals surface area contributed by atoms with Gasteiger partial charge in [-0.25, -0.2) is 13.1 Å². The molecule has 0 atom stereocenters. The molecule has 1 rings (SSSR count). The van der Waals surface area contributed by atoms with E-state index in [1.165, 1.54) is 0 Å². The van der Waals surface area contributed by atoms with Crippen LogP contribution in [0.2, 0.25) is 0 Å². The van der Waals surface area contributed by atoms with E-state index in [1.54, 1.807) is 23.9 Å². The number of nitrogens with two attached hydrogens (primary N) is 1. The van der Waals surface area contributed by atoms with Gasteiger partial charge in [0.05, 0.1) is 5.69 Å². The second-order valence-electron chi connectivity index (χ2n) is 4.26. The molecule has 0 radical (unpaired) electrons. The second-order valence-corrected chi connectivity index (χ2v) is 8.72. The Morgan fingerprint density at radius 1 is 1.25 bits per heavy atom. The standard InChI is InChI=1S/C12H18Br2N2O2S2/c1-19-6-4-2-3-5-16-20(17,18)12-10(14)7-9(13)8-11(12)15/h7-8,16H,2-6,15H2,1H3. The van der Waals surface area contributed by atoms with Crippen molar-refractivity contribution >= 4 is 59.3 Å². The summed E-state index contributed by atoms with van der Waals surface area (Å²) in [6.45, 7) is 0.429. The zero-order chi connectivity index (χ0) is 15.2. The SMILES string of the molecule is CSCCCCCNS(=O)(=O)c1c(N)cc(Br)cc1Br. The molecule has 1 aromatic carbocycles. The van der Waals surface area contributed by atoms with Crippen LogP contribution < -0.4 is 10.5 Å². The molecule has 0 heterocycles. The van der Waals surface area contributed by atoms with Gasteiger partial charge in [0.1, 0.15) is 4.90 Å². The quantitative estimate of drug-likeness (QED) is 0.473. The van der Waals surface area contributed by atoms with Gasteiger partial charge in [-0.1, -0.05) is 22.4 Å². The number of hydrogen-bond donors (Lipinski definition) is 2. The molecule has 0 unspecified atom stereocenters. The van der Waals surface area contributed by atoms with E-state index in [-0.39, 0.29) is 10.6 Å². The third kappa shape index (κ3) is 5.55. The Hall–Kier alpha value is 0.240. The van der Waals surface area contributed by atoms with Crippen LogP contribution in [-0.2, 0) is 10.0 Å². The Morgan fingerprint density at radius 3 is 2.55 bits per heavy atom. The minimum absolute atomic E-state index is 0.102. The molecule has 4 nitrogen and oxygen atoms in total. The normalized spacial score (nSPS) is 11.8. The number of sulfonamides is 1. The van der Waals surface area contributed by atoms with Crippen LogP contribution in [0.25, 0.3) is 0 Å². The summed E-state index contributed by atoms with van der Waals surface area (Å²) in [6, 6.07) is 3.25. The van der Waals surface area contributed by atoms with Gasteiger partial charge in [-0.05, 0) is 52.9 Å². The fourth-order valence-corrected chi connectivity index (χ4v) is 5.32. The summed E-state index contributed by atoms with van der Waals surface area (Å²) >= 11 is 8.32. The summed E-state index contributed by atoms with van der Waals surface area (Å²) in [4.78, 5) is 0.102. The van der Waals surface area contributed by atoms with Crippen molar-refractivity contribution in [2.75, 3.05) is 24.3 Å². The zero-order valence-corrected chi connectivity index (χ0v) is 16.0. The van der Waals surface area contributed by atoms with Crippen LogP contribution in [0.5, 0.6) is 0 Å². The molecule has 0 aliphatic heterocycles. The molecule has 0 aliphatic carbocycles. The third-order valence-electron chi connectivity index (χ3n) is 2.62. The van der Waals surface area contributed by atoms with Gasteiger partial charge in [0.15, 0.2) is 0 Å². The van der Waals surface area contributed by atoms with E-state index in [1.807, 2.05) is 0 Å². The van der Waals surface area contributed by atoms with Crippen LogP contribution in [0.3, 0.4) is 0 Å². The van der Waals surface area contributed by atoms with Crippen LogP contribution in [0.1, 0.15) is 19.3 Å². The monoisotopic (exact) mass is 444 g/mol. The molecule has 0 aromatic heterocycles. The van der Waals surface area contributed by atoms with Crippen LogP contribution in [0.15, 0.2) is 26.0 Å². The van der Waals surface area contributed by atoms with Crippen molar-refractivity contribution in [1.82, 2.24) is 4.72 Å². The van der Waals surface area contributed by atoms with Crippen LogP contribution in [0.4, 0.5) is 5.69 Å². The Balaban J connectivity index is 2.66. The second kappa shape index (κ2) is 8.63. The Labute approximate surface area is 141 Å². The van der Waals surface area contributed by atoms with E-state index in [0.717, 1.165) is 29.5 Å². The van der Waals surface area contributed by atoms with E-state index in [4.69, 9.17) is 5.73 Å². The lowest BCUT2D eigenvalue weighted by Crippen LogP contribution is -2.26. The van der Waals surface area contributed by atoms with Crippen molar-refractivity contribution in [3.8, 4) is 0 Å².